The summed E-state index contributed by atoms with van der Waals surface area (Å²) in [5, 5.41) is 0. The zero-order valence-electron chi connectivity index (χ0n) is 30.7. The Labute approximate surface area is 336 Å². The first-order valence-corrected chi connectivity index (χ1v) is 27.3. The average molecular weight is 1190 g/mol. The van der Waals surface area contributed by atoms with Crippen LogP contribution in [0.15, 0.2) is 0 Å². The SMILES string of the molecule is CCCCCC[O][Sn]([O][Sn]([O]CCCCCC)([C](F)(F)C(F)(F)CC(F)(F)F)[C](F)(F)C(F)(F)CC(F)(F)F)([C](F)(F)C(F)(F)CC(F)(F)F)[C](F)(F)C(F)(F)CC(F)(F)F. The molecule has 0 rings (SSSR count). The molecule has 61 heavy (non-hydrogen) atoms. The summed E-state index contributed by atoms with van der Waals surface area (Å²) in [6, 6.07) is 0. The Hall–Kier alpha value is -0.483. The van der Waals surface area contributed by atoms with E-state index in [-0.39, 0.29) is 25.7 Å². The molecule has 0 aliphatic rings. The van der Waals surface area contributed by atoms with E-state index < -0.39 is 167 Å². The standard InChI is InChI=1S/2C6H13O.4C4H2F7.O.2Sn/c2*1-2-3-4-5-6-7;4*5-2(6)3(7,8)1-4(9,10)11;;;/h2*2-6H2,1H3;4*1H2;;;/q2*-1;;;;;;2*+1. The van der Waals surface area contributed by atoms with Gasteiger partial charge in [-0.05, 0) is 0 Å². The van der Waals surface area contributed by atoms with Crippen molar-refractivity contribution in [3.63, 3.8) is 0 Å². The second-order valence-electron chi connectivity index (χ2n) is 13.4. The maximum atomic E-state index is 16.3. The molecule has 0 saturated carbocycles. The van der Waals surface area contributed by atoms with E-state index in [2.05, 4.69) is 7.56 Å². The van der Waals surface area contributed by atoms with Crippen LogP contribution in [-0.4, -0.2) is 116 Å². The number of unbranched alkanes of at least 4 members (excludes halogenated alkanes) is 6. The van der Waals surface area contributed by atoms with E-state index in [1.807, 2.05) is 0 Å². The summed E-state index contributed by atoms with van der Waals surface area (Å²) >= 11 is -24.3. The van der Waals surface area contributed by atoms with Crippen LogP contribution in [0.3, 0.4) is 0 Å². The van der Waals surface area contributed by atoms with Crippen LogP contribution < -0.4 is 0 Å². The quantitative estimate of drug-likeness (QED) is 0.0491. The third-order valence-electron chi connectivity index (χ3n) is 8.07. The fourth-order valence-corrected chi connectivity index (χ4v) is 41.2. The van der Waals surface area contributed by atoms with Crippen molar-refractivity contribution in [2.75, 3.05) is 13.2 Å². The number of hydrogen-bond donors (Lipinski definition) is 0. The third kappa shape index (κ3) is 14.3. The summed E-state index contributed by atoms with van der Waals surface area (Å²) in [7, 11) is 0. The van der Waals surface area contributed by atoms with Gasteiger partial charge in [0.2, 0.25) is 0 Å². The molecule has 0 bridgehead atoms. The van der Waals surface area contributed by atoms with E-state index in [4.69, 9.17) is 0 Å². The van der Waals surface area contributed by atoms with Gasteiger partial charge in [0, 0.05) is 0 Å². The summed E-state index contributed by atoms with van der Waals surface area (Å²) in [5.41, 5.74) is 0. The molecule has 0 heterocycles. The molecule has 0 N–H and O–H groups in total. The number of rotatable bonds is 26. The van der Waals surface area contributed by atoms with Crippen LogP contribution in [0.4, 0.5) is 123 Å². The molecule has 33 heteroatoms. The zero-order valence-corrected chi connectivity index (χ0v) is 36.4. The van der Waals surface area contributed by atoms with Crippen molar-refractivity contribution < 1.29 is 130 Å². The Morgan fingerprint density at radius 3 is 0.656 bits per heavy atom. The van der Waals surface area contributed by atoms with Gasteiger partial charge in [-0.25, -0.2) is 0 Å². The van der Waals surface area contributed by atoms with Crippen LogP contribution in [0.25, 0.3) is 0 Å². The van der Waals surface area contributed by atoms with Crippen molar-refractivity contribution >= 4 is 38.4 Å². The van der Waals surface area contributed by atoms with Gasteiger partial charge in [-0.3, -0.25) is 0 Å². The average Bonchev–Trinajstić information content (AvgIpc) is 2.97. The van der Waals surface area contributed by atoms with E-state index in [9.17, 15) is 52.7 Å². The van der Waals surface area contributed by atoms with Gasteiger partial charge in [-0.15, -0.1) is 0 Å². The van der Waals surface area contributed by atoms with Crippen molar-refractivity contribution in [2.45, 2.75) is 155 Å². The van der Waals surface area contributed by atoms with Gasteiger partial charge in [0.15, 0.2) is 0 Å². The van der Waals surface area contributed by atoms with Crippen LogP contribution in [-0.2, 0) is 7.56 Å². The number of hydrogen-bond acceptors (Lipinski definition) is 3. The van der Waals surface area contributed by atoms with Crippen LogP contribution in [0.1, 0.15) is 90.9 Å². The first kappa shape index (κ1) is 60.5. The molecule has 0 atom stereocenters. The Bertz CT molecular complexity index is 1180. The Kier molecular flexibility index (Phi) is 20.0. The van der Waals surface area contributed by atoms with Gasteiger partial charge >= 0.3 is 337 Å². The fraction of sp³-hybridized carbons (Fsp3) is 1.00. The van der Waals surface area contributed by atoms with Crippen LogP contribution in [0.2, 0.25) is 0 Å². The van der Waals surface area contributed by atoms with Crippen molar-refractivity contribution in [3.8, 4) is 0 Å². The van der Waals surface area contributed by atoms with Crippen molar-refractivity contribution in [3.05, 3.63) is 0 Å². The van der Waals surface area contributed by atoms with Crippen molar-refractivity contribution in [1.29, 1.82) is 0 Å². The predicted octanol–water partition coefficient (Wildman–Crippen LogP) is 14.1. The molecule has 0 unspecified atom stereocenters. The third-order valence-corrected chi connectivity index (χ3v) is 37.8. The summed E-state index contributed by atoms with van der Waals surface area (Å²) in [5.74, 6) is -31.4. The van der Waals surface area contributed by atoms with E-state index >= 15 is 70.2 Å². The first-order valence-electron chi connectivity index (χ1n) is 16.9. The Morgan fingerprint density at radius 2 is 0.492 bits per heavy atom. The topological polar surface area (TPSA) is 27.7 Å². The molecule has 0 aromatic rings. The van der Waals surface area contributed by atoms with E-state index in [0.29, 0.717) is 0 Å². The molecule has 0 aliphatic heterocycles. The van der Waals surface area contributed by atoms with Gasteiger partial charge in [-0.1, -0.05) is 0 Å². The van der Waals surface area contributed by atoms with Gasteiger partial charge < -0.3 is 0 Å². The Morgan fingerprint density at radius 1 is 0.295 bits per heavy atom. The molecule has 3 nitrogen and oxygen atoms in total. The molecule has 0 aromatic carbocycles. The van der Waals surface area contributed by atoms with Crippen molar-refractivity contribution in [1.82, 2.24) is 0 Å². The number of alkyl halides is 28. The molecular weight excluding hydrogens is 1150 g/mol. The van der Waals surface area contributed by atoms with Crippen LogP contribution in [0, 0.1) is 0 Å². The maximum absolute atomic E-state index is 16.3. The molecule has 0 amide bonds. The van der Waals surface area contributed by atoms with Crippen molar-refractivity contribution in [2.24, 2.45) is 0 Å². The summed E-state index contributed by atoms with van der Waals surface area (Å²) < 4.78 is 386. The summed E-state index contributed by atoms with van der Waals surface area (Å²) in [6.45, 7) is -2.87. The van der Waals surface area contributed by atoms with Gasteiger partial charge in [0.25, 0.3) is 0 Å². The second-order valence-corrected chi connectivity index (χ2v) is 33.8. The molecule has 0 aliphatic carbocycles. The second kappa shape index (κ2) is 20.2. The molecule has 0 spiro atoms. The van der Waals surface area contributed by atoms with Gasteiger partial charge in [0.1, 0.15) is 0 Å². The minimum absolute atomic E-state index is 0.114. The summed E-state index contributed by atoms with van der Waals surface area (Å²) in [4.78, 5) is 0. The van der Waals surface area contributed by atoms with E-state index in [1.54, 1.807) is 0 Å². The van der Waals surface area contributed by atoms with E-state index in [1.165, 1.54) is 13.8 Å². The van der Waals surface area contributed by atoms with E-state index in [0.717, 1.165) is 0 Å². The normalized spacial score (nSPS) is 15.8. The predicted molar refractivity (Wildman–Crippen MR) is 155 cm³/mol. The monoisotopic (exact) mass is 1190 g/mol. The number of halogens is 28. The minimum atomic E-state index is -12.2. The zero-order chi connectivity index (χ0) is 49.0. The molecular formula is C28H34F28O3Sn2. The molecule has 0 aromatic heterocycles. The Balaban J connectivity index is 9.69. The molecule has 368 valence electrons. The van der Waals surface area contributed by atoms with Crippen LogP contribution >= 0.6 is 0 Å². The fourth-order valence-electron chi connectivity index (χ4n) is 5.18. The van der Waals surface area contributed by atoms with Gasteiger partial charge in [0.05, 0.1) is 0 Å². The van der Waals surface area contributed by atoms with Gasteiger partial charge in [-0.2, -0.15) is 0 Å². The molecule has 0 radical (unpaired) electrons. The first-order chi connectivity index (χ1) is 26.7. The van der Waals surface area contributed by atoms with Crippen LogP contribution in [0.5, 0.6) is 0 Å². The summed E-state index contributed by atoms with van der Waals surface area (Å²) in [6.07, 6.45) is -52.5. The molecule has 0 fully saturated rings. The molecule has 0 saturated heterocycles.